The van der Waals surface area contributed by atoms with Gasteiger partial charge >= 0.3 is 6.18 Å². The van der Waals surface area contributed by atoms with Crippen molar-refractivity contribution in [3.05, 3.63) is 0 Å². The molecule has 0 aromatic heterocycles. The summed E-state index contributed by atoms with van der Waals surface area (Å²) in [5.74, 6) is 0.597. The third-order valence-electron chi connectivity index (χ3n) is 2.57. The first-order valence-electron chi connectivity index (χ1n) is 5.43. The zero-order valence-electron chi connectivity index (χ0n) is 8.78. The Morgan fingerprint density at radius 1 is 1.27 bits per heavy atom. The fraction of sp³-hybridized carbons (Fsp3) is 1.00. The number of nitrogens with one attached hydrogen (secondary N) is 1. The van der Waals surface area contributed by atoms with Gasteiger partial charge in [-0.3, -0.25) is 0 Å². The maximum Gasteiger partial charge on any atom is 0.389 e. The van der Waals surface area contributed by atoms with Gasteiger partial charge in [0.25, 0.3) is 0 Å². The van der Waals surface area contributed by atoms with E-state index in [4.69, 9.17) is 4.74 Å². The Balaban J connectivity index is 1.84. The number of ether oxygens (including phenoxy) is 1. The SMILES string of the molecule is FC(F)(F)CCCNCCC1CCOC1. The van der Waals surface area contributed by atoms with E-state index in [-0.39, 0.29) is 6.42 Å². The topological polar surface area (TPSA) is 21.3 Å². The fourth-order valence-electron chi connectivity index (χ4n) is 1.66. The average molecular weight is 225 g/mol. The minimum atomic E-state index is -4.01. The van der Waals surface area contributed by atoms with Crippen molar-refractivity contribution in [1.29, 1.82) is 0 Å². The quantitative estimate of drug-likeness (QED) is 0.700. The Morgan fingerprint density at radius 3 is 2.67 bits per heavy atom. The number of hydrogen-bond acceptors (Lipinski definition) is 2. The molecule has 0 aromatic rings. The summed E-state index contributed by atoms with van der Waals surface area (Å²) in [4.78, 5) is 0. The van der Waals surface area contributed by atoms with E-state index in [2.05, 4.69) is 5.32 Å². The minimum Gasteiger partial charge on any atom is -0.381 e. The Morgan fingerprint density at radius 2 is 2.07 bits per heavy atom. The van der Waals surface area contributed by atoms with Crippen LogP contribution in [0.1, 0.15) is 25.7 Å². The Kier molecular flexibility index (Phi) is 5.39. The van der Waals surface area contributed by atoms with Crippen LogP contribution < -0.4 is 5.32 Å². The number of alkyl halides is 3. The molecule has 0 spiro atoms. The molecule has 0 aliphatic carbocycles. The predicted octanol–water partition coefficient (Wildman–Crippen LogP) is 2.35. The molecule has 0 radical (unpaired) electrons. The van der Waals surface area contributed by atoms with Crippen LogP contribution in [0.2, 0.25) is 0 Å². The maximum atomic E-state index is 11.8. The Labute approximate surface area is 88.2 Å². The number of rotatable bonds is 6. The van der Waals surface area contributed by atoms with Gasteiger partial charge in [0, 0.05) is 19.6 Å². The van der Waals surface area contributed by atoms with E-state index < -0.39 is 12.6 Å². The molecule has 1 fully saturated rings. The monoisotopic (exact) mass is 225 g/mol. The molecule has 1 aliphatic rings. The third kappa shape index (κ3) is 6.73. The first-order chi connectivity index (χ1) is 7.08. The number of hydrogen-bond donors (Lipinski definition) is 1. The van der Waals surface area contributed by atoms with Crippen molar-refractivity contribution in [3.63, 3.8) is 0 Å². The van der Waals surface area contributed by atoms with Gasteiger partial charge in [-0.2, -0.15) is 13.2 Å². The van der Waals surface area contributed by atoms with E-state index in [0.717, 1.165) is 32.6 Å². The van der Waals surface area contributed by atoms with Gasteiger partial charge in [0.05, 0.1) is 0 Å². The van der Waals surface area contributed by atoms with Crippen LogP contribution in [0.3, 0.4) is 0 Å². The van der Waals surface area contributed by atoms with Crippen LogP contribution in [-0.4, -0.2) is 32.5 Å². The molecule has 0 bridgehead atoms. The predicted molar refractivity (Wildman–Crippen MR) is 51.7 cm³/mol. The summed E-state index contributed by atoms with van der Waals surface area (Å²) >= 11 is 0. The summed E-state index contributed by atoms with van der Waals surface area (Å²) in [5, 5.41) is 3.03. The van der Waals surface area contributed by atoms with Crippen molar-refractivity contribution < 1.29 is 17.9 Å². The van der Waals surface area contributed by atoms with Gasteiger partial charge in [0.2, 0.25) is 0 Å². The van der Waals surface area contributed by atoms with Crippen LogP contribution in [0, 0.1) is 5.92 Å². The largest absolute Gasteiger partial charge is 0.389 e. The molecule has 90 valence electrons. The Hall–Kier alpha value is -0.290. The second-order valence-corrected chi connectivity index (χ2v) is 3.99. The van der Waals surface area contributed by atoms with E-state index in [9.17, 15) is 13.2 Å². The molecule has 1 aliphatic heterocycles. The van der Waals surface area contributed by atoms with Gasteiger partial charge in [-0.25, -0.2) is 0 Å². The van der Waals surface area contributed by atoms with E-state index in [0.29, 0.717) is 12.5 Å². The molecule has 1 rings (SSSR count). The molecule has 0 amide bonds. The summed E-state index contributed by atoms with van der Waals surface area (Å²) in [5.41, 5.74) is 0. The summed E-state index contributed by atoms with van der Waals surface area (Å²) in [6.07, 6.45) is -2.44. The molecule has 0 aromatic carbocycles. The minimum absolute atomic E-state index is 0.171. The number of halogens is 3. The smallest absolute Gasteiger partial charge is 0.381 e. The van der Waals surface area contributed by atoms with Crippen LogP contribution in [-0.2, 0) is 4.74 Å². The molecule has 0 saturated carbocycles. The second-order valence-electron chi connectivity index (χ2n) is 3.99. The zero-order valence-corrected chi connectivity index (χ0v) is 8.78. The van der Waals surface area contributed by atoms with Gasteiger partial charge in [-0.05, 0) is 38.3 Å². The van der Waals surface area contributed by atoms with Crippen LogP contribution in [0.25, 0.3) is 0 Å². The summed E-state index contributed by atoms with van der Waals surface area (Å²) in [7, 11) is 0. The lowest BCUT2D eigenvalue weighted by atomic mass is 10.1. The highest BCUT2D eigenvalue weighted by Crippen LogP contribution is 2.20. The van der Waals surface area contributed by atoms with Crippen LogP contribution in [0.4, 0.5) is 13.2 Å². The van der Waals surface area contributed by atoms with Crippen molar-refractivity contribution >= 4 is 0 Å². The van der Waals surface area contributed by atoms with Crippen LogP contribution in [0.5, 0.6) is 0 Å². The van der Waals surface area contributed by atoms with Gasteiger partial charge in [-0.15, -0.1) is 0 Å². The van der Waals surface area contributed by atoms with Gasteiger partial charge < -0.3 is 10.1 Å². The summed E-state index contributed by atoms with van der Waals surface area (Å²) in [6, 6.07) is 0. The van der Waals surface area contributed by atoms with Crippen molar-refractivity contribution in [1.82, 2.24) is 5.32 Å². The Bertz CT molecular complexity index is 167. The van der Waals surface area contributed by atoms with E-state index in [1.165, 1.54) is 0 Å². The molecule has 1 N–H and O–H groups in total. The van der Waals surface area contributed by atoms with Crippen molar-refractivity contribution in [2.45, 2.75) is 31.9 Å². The molecular formula is C10H18F3NO. The highest BCUT2D eigenvalue weighted by molar-refractivity contribution is 4.65. The lowest BCUT2D eigenvalue weighted by Crippen LogP contribution is -2.21. The molecule has 1 heterocycles. The lowest BCUT2D eigenvalue weighted by Gasteiger charge is -2.09. The van der Waals surface area contributed by atoms with Gasteiger partial charge in [0.15, 0.2) is 0 Å². The highest BCUT2D eigenvalue weighted by Gasteiger charge is 2.25. The molecule has 15 heavy (non-hydrogen) atoms. The zero-order chi connectivity index (χ0) is 11.1. The molecule has 1 atom stereocenters. The molecule has 5 heteroatoms. The fourth-order valence-corrected chi connectivity index (χ4v) is 1.66. The standard InChI is InChI=1S/C10H18F3NO/c11-10(12,13)4-1-5-14-6-2-9-3-7-15-8-9/h9,14H,1-8H2. The highest BCUT2D eigenvalue weighted by atomic mass is 19.4. The van der Waals surface area contributed by atoms with E-state index in [1.54, 1.807) is 0 Å². The van der Waals surface area contributed by atoms with Crippen molar-refractivity contribution in [2.75, 3.05) is 26.3 Å². The van der Waals surface area contributed by atoms with Crippen LogP contribution in [0.15, 0.2) is 0 Å². The van der Waals surface area contributed by atoms with E-state index in [1.807, 2.05) is 0 Å². The molecule has 2 nitrogen and oxygen atoms in total. The van der Waals surface area contributed by atoms with E-state index >= 15 is 0 Å². The average Bonchev–Trinajstić information content (AvgIpc) is 2.61. The maximum absolute atomic E-state index is 11.8. The van der Waals surface area contributed by atoms with Crippen molar-refractivity contribution in [3.8, 4) is 0 Å². The summed E-state index contributed by atoms with van der Waals surface area (Å²) < 4.78 is 40.5. The molecular weight excluding hydrogens is 207 g/mol. The third-order valence-corrected chi connectivity index (χ3v) is 2.57. The summed E-state index contributed by atoms with van der Waals surface area (Å²) in [6.45, 7) is 2.89. The van der Waals surface area contributed by atoms with Gasteiger partial charge in [0.1, 0.15) is 0 Å². The molecule has 1 saturated heterocycles. The van der Waals surface area contributed by atoms with Gasteiger partial charge in [-0.1, -0.05) is 0 Å². The van der Waals surface area contributed by atoms with Crippen LogP contribution >= 0.6 is 0 Å². The lowest BCUT2D eigenvalue weighted by molar-refractivity contribution is -0.135. The normalized spacial score (nSPS) is 22.2. The molecule has 1 unspecified atom stereocenters. The van der Waals surface area contributed by atoms with Crippen molar-refractivity contribution in [2.24, 2.45) is 5.92 Å². The second kappa shape index (κ2) is 6.33. The first-order valence-corrected chi connectivity index (χ1v) is 5.43. The first kappa shape index (κ1) is 12.8.